The van der Waals surface area contributed by atoms with E-state index in [-0.39, 0.29) is 11.4 Å². The summed E-state index contributed by atoms with van der Waals surface area (Å²) in [5, 5.41) is 4.90. The molecule has 0 saturated heterocycles. The maximum Gasteiger partial charge on any atom is 0.298 e. The zero-order chi connectivity index (χ0) is 13.7. The Labute approximate surface area is 104 Å². The number of hydrogen-bond donors (Lipinski definition) is 2. The van der Waals surface area contributed by atoms with E-state index < -0.39 is 10.2 Å². The zero-order valence-electron chi connectivity index (χ0n) is 11.3. The third-order valence-electron chi connectivity index (χ3n) is 2.00. The molecule has 17 heavy (non-hydrogen) atoms. The van der Waals surface area contributed by atoms with Crippen LogP contribution in [0.2, 0.25) is 0 Å². The van der Waals surface area contributed by atoms with Crippen molar-refractivity contribution in [1.29, 1.82) is 0 Å². The number of nitrogens with zero attached hydrogens (tertiary/aromatic N) is 2. The second-order valence-electron chi connectivity index (χ2n) is 5.41. The van der Waals surface area contributed by atoms with Crippen molar-refractivity contribution in [3.05, 3.63) is 0 Å². The van der Waals surface area contributed by atoms with Gasteiger partial charge in [0.25, 0.3) is 10.2 Å². The summed E-state index contributed by atoms with van der Waals surface area (Å²) >= 11 is 0. The van der Waals surface area contributed by atoms with Gasteiger partial charge < -0.3 is 4.90 Å². The van der Waals surface area contributed by atoms with Crippen LogP contribution in [0.4, 0.5) is 0 Å². The Morgan fingerprint density at radius 1 is 1.35 bits per heavy atom. The van der Waals surface area contributed by atoms with Crippen LogP contribution >= 0.6 is 0 Å². The summed E-state index contributed by atoms with van der Waals surface area (Å²) in [6, 6.07) is 0. The SMILES string of the molecule is CN(C)C(=NCCCC(C)(C)C)NS(N)(=O)=O. The minimum absolute atomic E-state index is 0.265. The van der Waals surface area contributed by atoms with Crippen LogP contribution in [0, 0.1) is 5.41 Å². The molecule has 0 aromatic heterocycles. The minimum atomic E-state index is -3.76. The number of rotatable bonds is 4. The lowest BCUT2D eigenvalue weighted by Crippen LogP contribution is -2.43. The predicted octanol–water partition coefficient (Wildman–Crippen LogP) is 0.523. The molecule has 0 radical (unpaired) electrons. The van der Waals surface area contributed by atoms with Crippen molar-refractivity contribution in [2.45, 2.75) is 33.6 Å². The van der Waals surface area contributed by atoms with Crippen LogP contribution in [0.5, 0.6) is 0 Å². The highest BCUT2D eigenvalue weighted by Gasteiger charge is 2.10. The summed E-state index contributed by atoms with van der Waals surface area (Å²) in [4.78, 5) is 5.77. The molecule has 3 N–H and O–H groups in total. The van der Waals surface area contributed by atoms with Crippen molar-refractivity contribution in [3.8, 4) is 0 Å². The Bertz CT molecular complexity index is 355. The highest BCUT2D eigenvalue weighted by Crippen LogP contribution is 2.20. The van der Waals surface area contributed by atoms with Crippen molar-refractivity contribution in [1.82, 2.24) is 9.62 Å². The molecule has 0 amide bonds. The predicted molar refractivity (Wildman–Crippen MR) is 70.9 cm³/mol. The van der Waals surface area contributed by atoms with Gasteiger partial charge >= 0.3 is 0 Å². The third kappa shape index (κ3) is 10.1. The van der Waals surface area contributed by atoms with Crippen molar-refractivity contribution in [3.63, 3.8) is 0 Å². The fourth-order valence-corrected chi connectivity index (χ4v) is 1.69. The van der Waals surface area contributed by atoms with E-state index >= 15 is 0 Å². The molecule has 0 heterocycles. The molecule has 0 fully saturated rings. The standard InChI is InChI=1S/C10H24N4O2S/c1-10(2,3)7-6-8-12-9(14(4)5)13-17(11,15)16/h6-8H2,1-5H3,(H,12,13)(H2,11,15,16). The molecule has 0 atom stereocenters. The van der Waals surface area contributed by atoms with Gasteiger partial charge in [-0.1, -0.05) is 20.8 Å². The number of hydrogen-bond acceptors (Lipinski definition) is 3. The first-order valence-electron chi connectivity index (χ1n) is 5.53. The summed E-state index contributed by atoms with van der Waals surface area (Å²) in [5.41, 5.74) is 0.265. The number of guanidine groups is 1. The molecule has 7 heteroatoms. The van der Waals surface area contributed by atoms with Crippen molar-refractivity contribution >= 4 is 16.2 Å². The highest BCUT2D eigenvalue weighted by atomic mass is 32.2. The lowest BCUT2D eigenvalue weighted by Gasteiger charge is -2.18. The molecule has 0 unspecified atom stereocenters. The van der Waals surface area contributed by atoms with Crippen LogP contribution in [0.15, 0.2) is 4.99 Å². The first-order chi connectivity index (χ1) is 7.51. The summed E-state index contributed by atoms with van der Waals surface area (Å²) in [6.07, 6.45) is 1.94. The number of nitrogens with one attached hydrogen (secondary N) is 1. The van der Waals surface area contributed by atoms with Gasteiger partial charge in [-0.15, -0.1) is 0 Å². The molecule has 0 saturated carbocycles. The van der Waals surface area contributed by atoms with Crippen LogP contribution < -0.4 is 9.86 Å². The fraction of sp³-hybridized carbons (Fsp3) is 0.900. The van der Waals surface area contributed by atoms with E-state index in [0.29, 0.717) is 6.54 Å². The molecule has 0 aliphatic rings. The molecule has 102 valence electrons. The Hall–Kier alpha value is -0.820. The van der Waals surface area contributed by atoms with Crippen LogP contribution in [0.1, 0.15) is 33.6 Å². The van der Waals surface area contributed by atoms with Gasteiger partial charge in [0.2, 0.25) is 5.96 Å². The van der Waals surface area contributed by atoms with Crippen LogP contribution in [-0.4, -0.2) is 39.9 Å². The summed E-state index contributed by atoms with van der Waals surface area (Å²) in [5.74, 6) is 0.265. The van der Waals surface area contributed by atoms with Gasteiger partial charge in [0.05, 0.1) is 0 Å². The molecule has 0 rings (SSSR count). The highest BCUT2D eigenvalue weighted by molar-refractivity contribution is 7.87. The molecule has 0 aromatic rings. The van der Waals surface area contributed by atoms with Gasteiger partial charge in [-0.2, -0.15) is 8.42 Å². The normalized spacial score (nSPS) is 13.6. The molecule has 0 spiro atoms. The molecule has 0 aliphatic carbocycles. The monoisotopic (exact) mass is 264 g/mol. The Balaban J connectivity index is 4.33. The van der Waals surface area contributed by atoms with Gasteiger partial charge in [0, 0.05) is 20.6 Å². The topological polar surface area (TPSA) is 87.8 Å². The van der Waals surface area contributed by atoms with Crippen LogP contribution in [0.25, 0.3) is 0 Å². The maximum absolute atomic E-state index is 10.9. The average Bonchev–Trinajstić information content (AvgIpc) is 2.06. The third-order valence-corrected chi connectivity index (χ3v) is 2.47. The van der Waals surface area contributed by atoms with Gasteiger partial charge in [-0.3, -0.25) is 4.99 Å². The largest absolute Gasteiger partial charge is 0.348 e. The lowest BCUT2D eigenvalue weighted by molar-refractivity contribution is 0.368. The van der Waals surface area contributed by atoms with Gasteiger partial charge in [-0.05, 0) is 18.3 Å². The van der Waals surface area contributed by atoms with Gasteiger partial charge in [0.15, 0.2) is 0 Å². The van der Waals surface area contributed by atoms with Crippen LogP contribution in [-0.2, 0) is 10.2 Å². The molecule has 0 bridgehead atoms. The Morgan fingerprint density at radius 2 is 1.88 bits per heavy atom. The van der Waals surface area contributed by atoms with Crippen molar-refractivity contribution < 1.29 is 8.42 Å². The second kappa shape index (κ2) is 6.20. The lowest BCUT2D eigenvalue weighted by atomic mass is 9.91. The van der Waals surface area contributed by atoms with E-state index in [4.69, 9.17) is 5.14 Å². The first kappa shape index (κ1) is 16.2. The summed E-state index contributed by atoms with van der Waals surface area (Å²) in [6.45, 7) is 7.05. The van der Waals surface area contributed by atoms with Gasteiger partial charge in [0.1, 0.15) is 0 Å². The second-order valence-corrected chi connectivity index (χ2v) is 6.71. The quantitative estimate of drug-likeness (QED) is 0.441. The van der Waals surface area contributed by atoms with E-state index in [1.807, 2.05) is 0 Å². The number of nitrogens with two attached hydrogens (primary N) is 1. The maximum atomic E-state index is 10.9. The first-order valence-corrected chi connectivity index (χ1v) is 7.08. The zero-order valence-corrected chi connectivity index (χ0v) is 12.1. The number of aliphatic imine (C=N–C) groups is 1. The summed E-state index contributed by atoms with van der Waals surface area (Å²) < 4.78 is 24.0. The Kier molecular flexibility index (Phi) is 5.91. The Morgan fingerprint density at radius 3 is 2.24 bits per heavy atom. The van der Waals surface area contributed by atoms with E-state index in [1.54, 1.807) is 19.0 Å². The van der Waals surface area contributed by atoms with E-state index in [9.17, 15) is 8.42 Å². The molecule has 0 aromatic carbocycles. The molecule has 0 aliphatic heterocycles. The fourth-order valence-electron chi connectivity index (χ4n) is 1.19. The van der Waals surface area contributed by atoms with Crippen molar-refractivity contribution in [2.75, 3.05) is 20.6 Å². The molecule has 6 nitrogen and oxygen atoms in total. The van der Waals surface area contributed by atoms with Crippen molar-refractivity contribution in [2.24, 2.45) is 15.5 Å². The van der Waals surface area contributed by atoms with E-state index in [0.717, 1.165) is 12.8 Å². The minimum Gasteiger partial charge on any atom is -0.348 e. The smallest absolute Gasteiger partial charge is 0.298 e. The van der Waals surface area contributed by atoms with Gasteiger partial charge in [-0.25, -0.2) is 9.86 Å². The molecular formula is C10H24N4O2S. The molecular weight excluding hydrogens is 240 g/mol. The summed E-state index contributed by atoms with van der Waals surface area (Å²) in [7, 11) is -0.338. The van der Waals surface area contributed by atoms with E-state index in [2.05, 4.69) is 30.5 Å². The van der Waals surface area contributed by atoms with E-state index in [1.165, 1.54) is 0 Å². The average molecular weight is 264 g/mol. The van der Waals surface area contributed by atoms with Crippen LogP contribution in [0.3, 0.4) is 0 Å².